The Kier molecular flexibility index (Phi) is 5.73. The van der Waals surface area contributed by atoms with Crippen molar-refractivity contribution >= 4 is 29.1 Å². The predicted molar refractivity (Wildman–Crippen MR) is 82.8 cm³/mol. The van der Waals surface area contributed by atoms with Crippen LogP contribution in [0.25, 0.3) is 0 Å². The van der Waals surface area contributed by atoms with Gasteiger partial charge in [-0.1, -0.05) is 23.2 Å². The van der Waals surface area contributed by atoms with Gasteiger partial charge in [-0.05, 0) is 36.8 Å². The molecule has 1 aliphatic heterocycles. The number of halogens is 2. The Morgan fingerprint density at radius 1 is 1.24 bits per heavy atom. The second kappa shape index (κ2) is 7.34. The number of hydrogen-bond acceptors (Lipinski definition) is 3. The fraction of sp³-hybridized carbons (Fsp3) is 0.533. The largest absolute Gasteiger partial charge is 0.508 e. The highest BCUT2D eigenvalue weighted by atomic mass is 35.5. The smallest absolute Gasteiger partial charge is 0.224 e. The van der Waals surface area contributed by atoms with E-state index in [1.807, 2.05) is 0 Å². The van der Waals surface area contributed by atoms with Crippen molar-refractivity contribution in [2.45, 2.75) is 25.7 Å². The summed E-state index contributed by atoms with van der Waals surface area (Å²) in [5.41, 5.74) is 0.796. The van der Waals surface area contributed by atoms with Crippen molar-refractivity contribution in [2.75, 3.05) is 19.7 Å². The van der Waals surface area contributed by atoms with E-state index in [-0.39, 0.29) is 24.7 Å². The molecule has 0 bridgehead atoms. The van der Waals surface area contributed by atoms with Crippen LogP contribution in [-0.2, 0) is 11.2 Å². The third-order valence-corrected chi connectivity index (χ3v) is 4.65. The summed E-state index contributed by atoms with van der Waals surface area (Å²) in [4.78, 5) is 13.5. The van der Waals surface area contributed by atoms with Gasteiger partial charge in [0, 0.05) is 25.6 Å². The quantitative estimate of drug-likeness (QED) is 0.891. The molecule has 1 heterocycles. The molecule has 1 amide bonds. The first kappa shape index (κ1) is 16.4. The summed E-state index contributed by atoms with van der Waals surface area (Å²) in [6.45, 7) is 1.30. The van der Waals surface area contributed by atoms with Gasteiger partial charge in [0.2, 0.25) is 5.91 Å². The minimum atomic E-state index is -0.101. The zero-order valence-electron chi connectivity index (χ0n) is 11.7. The van der Waals surface area contributed by atoms with E-state index in [9.17, 15) is 9.90 Å². The zero-order valence-corrected chi connectivity index (χ0v) is 13.2. The lowest BCUT2D eigenvalue weighted by molar-refractivity contribution is -0.133. The number of amides is 1. The van der Waals surface area contributed by atoms with Gasteiger partial charge >= 0.3 is 0 Å². The van der Waals surface area contributed by atoms with E-state index in [1.54, 1.807) is 11.0 Å². The lowest BCUT2D eigenvalue weighted by atomic mass is 9.89. The van der Waals surface area contributed by atoms with Crippen LogP contribution in [0.4, 0.5) is 0 Å². The number of carbonyl (C=O) groups is 1. The highest BCUT2D eigenvalue weighted by molar-refractivity contribution is 6.42. The van der Waals surface area contributed by atoms with Gasteiger partial charge in [-0.15, -0.1) is 0 Å². The van der Waals surface area contributed by atoms with Crippen LogP contribution in [0.2, 0.25) is 10.0 Å². The number of benzene rings is 1. The van der Waals surface area contributed by atoms with Crippen LogP contribution < -0.4 is 0 Å². The van der Waals surface area contributed by atoms with Crippen molar-refractivity contribution in [3.05, 3.63) is 27.7 Å². The number of aliphatic hydroxyl groups is 1. The fourth-order valence-corrected chi connectivity index (χ4v) is 3.04. The van der Waals surface area contributed by atoms with Crippen LogP contribution in [0.1, 0.15) is 24.8 Å². The number of rotatable bonds is 4. The molecule has 0 spiro atoms. The van der Waals surface area contributed by atoms with E-state index in [2.05, 4.69) is 0 Å². The molecule has 0 saturated carbocycles. The van der Waals surface area contributed by atoms with Gasteiger partial charge in [0.25, 0.3) is 0 Å². The first-order valence-corrected chi connectivity index (χ1v) is 7.82. The normalized spacial score (nSPS) is 16.2. The molecule has 4 nitrogen and oxygen atoms in total. The molecule has 1 aromatic rings. The van der Waals surface area contributed by atoms with Gasteiger partial charge in [-0.2, -0.15) is 0 Å². The Morgan fingerprint density at radius 2 is 1.86 bits per heavy atom. The maximum atomic E-state index is 11.7. The van der Waals surface area contributed by atoms with Gasteiger partial charge < -0.3 is 15.1 Å². The molecule has 6 heteroatoms. The Balaban J connectivity index is 1.92. The van der Waals surface area contributed by atoms with E-state index >= 15 is 0 Å². The summed E-state index contributed by atoms with van der Waals surface area (Å²) in [6, 6.07) is 3.18. The van der Waals surface area contributed by atoms with Gasteiger partial charge in [0.15, 0.2) is 0 Å². The third kappa shape index (κ3) is 4.25. The molecule has 1 fully saturated rings. The van der Waals surface area contributed by atoms with Crippen LogP contribution in [-0.4, -0.2) is 40.7 Å². The molecule has 0 radical (unpaired) electrons. The summed E-state index contributed by atoms with van der Waals surface area (Å²) in [6.07, 6.45) is 2.69. The van der Waals surface area contributed by atoms with E-state index < -0.39 is 0 Å². The van der Waals surface area contributed by atoms with Crippen LogP contribution >= 0.6 is 23.2 Å². The molecule has 21 heavy (non-hydrogen) atoms. The Morgan fingerprint density at radius 3 is 2.48 bits per heavy atom. The van der Waals surface area contributed by atoms with Gasteiger partial charge in [-0.25, -0.2) is 0 Å². The lowest BCUT2D eigenvalue weighted by Crippen LogP contribution is -2.39. The maximum Gasteiger partial charge on any atom is 0.224 e. The average molecular weight is 332 g/mol. The van der Waals surface area contributed by atoms with Gasteiger partial charge in [0.1, 0.15) is 5.75 Å². The number of carbonyl (C=O) groups excluding carboxylic acids is 1. The molecule has 0 aromatic heterocycles. The Hall–Kier alpha value is -0.970. The Labute approximate surface area is 134 Å². The van der Waals surface area contributed by atoms with E-state index in [4.69, 9.17) is 28.3 Å². The number of hydrogen-bond donors (Lipinski definition) is 2. The highest BCUT2D eigenvalue weighted by Crippen LogP contribution is 2.33. The molecular formula is C15H19Cl2NO3. The summed E-state index contributed by atoms with van der Waals surface area (Å²) in [5, 5.41) is 19.5. The number of aromatic hydroxyl groups is 1. The second-order valence-corrected chi connectivity index (χ2v) is 6.21. The van der Waals surface area contributed by atoms with E-state index in [0.717, 1.165) is 24.8 Å². The molecule has 1 saturated heterocycles. The summed E-state index contributed by atoms with van der Waals surface area (Å²) in [5.74, 6) is 0.586. The highest BCUT2D eigenvalue weighted by Gasteiger charge is 2.23. The van der Waals surface area contributed by atoms with Crippen LogP contribution in [0, 0.1) is 5.92 Å². The topological polar surface area (TPSA) is 60.8 Å². The standard InChI is InChI=1S/C15H19Cl2NO3/c16-12-8-11(14(20)9-13(12)17)7-10-1-4-18(5-2-10)15(21)3-6-19/h8-10,19-20H,1-7H2. The van der Waals surface area contributed by atoms with Crippen molar-refractivity contribution < 1.29 is 15.0 Å². The molecule has 0 atom stereocenters. The summed E-state index contributed by atoms with van der Waals surface area (Å²) in [7, 11) is 0. The van der Waals surface area contributed by atoms with E-state index in [1.165, 1.54) is 6.07 Å². The SMILES string of the molecule is O=C(CCO)N1CCC(Cc2cc(Cl)c(Cl)cc2O)CC1. The molecule has 0 unspecified atom stereocenters. The van der Waals surface area contributed by atoms with Gasteiger partial charge in [-0.3, -0.25) is 4.79 Å². The van der Waals surface area contributed by atoms with Crippen molar-refractivity contribution in [1.82, 2.24) is 4.90 Å². The molecule has 1 aliphatic rings. The van der Waals surface area contributed by atoms with Crippen molar-refractivity contribution in [3.63, 3.8) is 0 Å². The number of phenols is 1. The number of likely N-dealkylation sites (tertiary alicyclic amines) is 1. The molecule has 116 valence electrons. The minimum Gasteiger partial charge on any atom is -0.508 e. The molecular weight excluding hydrogens is 313 g/mol. The molecule has 0 aliphatic carbocycles. The fourth-order valence-electron chi connectivity index (χ4n) is 2.69. The molecule has 2 N–H and O–H groups in total. The van der Waals surface area contributed by atoms with Gasteiger partial charge in [0.05, 0.1) is 16.7 Å². The number of nitrogens with zero attached hydrogens (tertiary/aromatic N) is 1. The van der Waals surface area contributed by atoms with E-state index in [0.29, 0.717) is 29.1 Å². The Bertz CT molecular complexity index is 514. The molecule has 2 rings (SSSR count). The number of aliphatic hydroxyl groups excluding tert-OH is 1. The first-order valence-electron chi connectivity index (χ1n) is 7.06. The lowest BCUT2D eigenvalue weighted by Gasteiger charge is -2.32. The first-order chi connectivity index (χ1) is 10.0. The van der Waals surface area contributed by atoms with Crippen LogP contribution in [0.15, 0.2) is 12.1 Å². The third-order valence-electron chi connectivity index (χ3n) is 3.92. The van der Waals surface area contributed by atoms with Crippen molar-refractivity contribution in [1.29, 1.82) is 0 Å². The predicted octanol–water partition coefficient (Wildman–Crippen LogP) is 2.86. The zero-order chi connectivity index (χ0) is 15.4. The minimum absolute atomic E-state index is 0.00772. The molecule has 1 aromatic carbocycles. The average Bonchev–Trinajstić information content (AvgIpc) is 2.46. The number of piperidine rings is 1. The van der Waals surface area contributed by atoms with Crippen molar-refractivity contribution in [2.24, 2.45) is 5.92 Å². The second-order valence-electron chi connectivity index (χ2n) is 5.40. The van der Waals surface area contributed by atoms with Crippen LogP contribution in [0.3, 0.4) is 0 Å². The van der Waals surface area contributed by atoms with Crippen molar-refractivity contribution in [3.8, 4) is 5.75 Å². The van der Waals surface area contributed by atoms with Crippen LogP contribution in [0.5, 0.6) is 5.75 Å². The summed E-state index contributed by atoms with van der Waals surface area (Å²) < 4.78 is 0. The number of phenolic OH excluding ortho intramolecular Hbond substituents is 1. The monoisotopic (exact) mass is 331 g/mol. The summed E-state index contributed by atoms with van der Waals surface area (Å²) >= 11 is 11.8. The maximum absolute atomic E-state index is 11.7.